The molecule has 1 aromatic heterocycles. The van der Waals surface area contributed by atoms with Crippen LogP contribution in [0.15, 0.2) is 36.2 Å². The van der Waals surface area contributed by atoms with E-state index in [0.717, 1.165) is 5.52 Å². The average Bonchev–Trinajstić information content (AvgIpc) is 2.92. The van der Waals surface area contributed by atoms with Gasteiger partial charge in [0, 0.05) is 35.0 Å². The lowest BCUT2D eigenvalue weighted by molar-refractivity contribution is -0.132. The third kappa shape index (κ3) is 3.69. The Balaban J connectivity index is 2.44. The summed E-state index contributed by atoms with van der Waals surface area (Å²) < 4.78 is 39.6. The second-order valence-corrected chi connectivity index (χ2v) is 5.77. The lowest BCUT2D eigenvalue weighted by Gasteiger charge is -2.11. The van der Waals surface area contributed by atoms with Crippen molar-refractivity contribution in [1.82, 2.24) is 4.57 Å². The minimum atomic E-state index is -5.07. The number of hydrogen-bond acceptors (Lipinski definition) is 4. The summed E-state index contributed by atoms with van der Waals surface area (Å²) >= 11 is 0. The maximum Gasteiger partial charge on any atom is 0.433 e. The van der Waals surface area contributed by atoms with Gasteiger partial charge >= 0.3 is 12.1 Å². The minimum Gasteiger partial charge on any atom is -0.478 e. The van der Waals surface area contributed by atoms with Gasteiger partial charge in [-0.25, -0.2) is 4.79 Å². The molecular formula is C17H15F3N4O2. The highest BCUT2D eigenvalue weighted by Gasteiger charge is 2.39. The Morgan fingerprint density at radius 3 is 2.58 bits per heavy atom. The SMILES string of the molecule is CC(C)n1cc(C#N)c2cc(N/C=C(\C(=N)C(F)(F)F)C(=O)O)ccc21. The zero-order valence-corrected chi connectivity index (χ0v) is 13.8. The number of anilines is 1. The van der Waals surface area contributed by atoms with Gasteiger partial charge in [-0.2, -0.15) is 18.4 Å². The van der Waals surface area contributed by atoms with Crippen LogP contribution in [0.2, 0.25) is 0 Å². The summed E-state index contributed by atoms with van der Waals surface area (Å²) in [5.41, 5.74) is -1.71. The Bertz CT molecular complexity index is 949. The van der Waals surface area contributed by atoms with Gasteiger partial charge in [0.1, 0.15) is 11.6 Å². The molecule has 0 spiro atoms. The zero-order valence-electron chi connectivity index (χ0n) is 13.8. The van der Waals surface area contributed by atoms with Crippen LogP contribution in [0.5, 0.6) is 0 Å². The van der Waals surface area contributed by atoms with Crippen LogP contribution in [0.25, 0.3) is 10.9 Å². The number of hydrogen-bond donors (Lipinski definition) is 3. The standard InChI is InChI=1S/C17H15F3N4O2/c1-9(2)24-8-10(6-21)12-5-11(3-4-14(12)24)23-7-13(16(25)26)15(22)17(18,19)20/h3-5,7-9,22-23H,1-2H3,(H,25,26)/b13-7+,22-15?. The lowest BCUT2D eigenvalue weighted by Crippen LogP contribution is -2.28. The van der Waals surface area contributed by atoms with Gasteiger partial charge < -0.3 is 15.0 Å². The molecule has 136 valence electrons. The van der Waals surface area contributed by atoms with E-state index < -0.39 is 23.4 Å². The van der Waals surface area contributed by atoms with Gasteiger partial charge in [0.25, 0.3) is 0 Å². The Hall–Kier alpha value is -3.28. The van der Waals surface area contributed by atoms with E-state index in [1.807, 2.05) is 18.4 Å². The number of fused-ring (bicyclic) bond motifs is 1. The van der Waals surface area contributed by atoms with E-state index in [1.54, 1.807) is 24.4 Å². The first kappa shape index (κ1) is 19.1. The summed E-state index contributed by atoms with van der Waals surface area (Å²) in [6, 6.07) is 6.93. The van der Waals surface area contributed by atoms with E-state index in [-0.39, 0.29) is 6.04 Å². The Kier molecular flexibility index (Phi) is 5.07. The summed E-state index contributed by atoms with van der Waals surface area (Å²) in [5, 5.41) is 28.2. The second kappa shape index (κ2) is 6.92. The van der Waals surface area contributed by atoms with Crippen LogP contribution in [0, 0.1) is 16.7 Å². The summed E-state index contributed by atoms with van der Waals surface area (Å²) in [6.45, 7) is 3.88. The van der Waals surface area contributed by atoms with E-state index in [0.29, 0.717) is 22.8 Å². The molecule has 0 saturated heterocycles. The van der Waals surface area contributed by atoms with Crippen molar-refractivity contribution in [2.24, 2.45) is 0 Å². The highest BCUT2D eigenvalue weighted by molar-refractivity contribution is 6.20. The quantitative estimate of drug-likeness (QED) is 0.550. The topological polar surface area (TPSA) is 102 Å². The van der Waals surface area contributed by atoms with Gasteiger partial charge in [-0.05, 0) is 32.0 Å². The van der Waals surface area contributed by atoms with E-state index in [4.69, 9.17) is 10.5 Å². The van der Waals surface area contributed by atoms with Crippen molar-refractivity contribution in [2.75, 3.05) is 5.32 Å². The summed E-state index contributed by atoms with van der Waals surface area (Å²) in [5.74, 6) is -1.87. The fourth-order valence-corrected chi connectivity index (χ4v) is 2.41. The van der Waals surface area contributed by atoms with Gasteiger partial charge in [-0.3, -0.25) is 5.41 Å². The van der Waals surface area contributed by atoms with Gasteiger partial charge in [0.15, 0.2) is 5.71 Å². The monoisotopic (exact) mass is 364 g/mol. The van der Waals surface area contributed by atoms with E-state index in [1.165, 1.54) is 0 Å². The number of aliphatic carboxylic acids is 1. The molecule has 0 bridgehead atoms. The molecule has 0 aliphatic rings. The molecule has 0 radical (unpaired) electrons. The van der Waals surface area contributed by atoms with Crippen molar-refractivity contribution in [3.8, 4) is 6.07 Å². The van der Waals surface area contributed by atoms with Gasteiger partial charge in [-0.15, -0.1) is 0 Å². The second-order valence-electron chi connectivity index (χ2n) is 5.77. The number of nitrogens with zero attached hydrogens (tertiary/aromatic N) is 2. The molecule has 0 aliphatic carbocycles. The predicted octanol–water partition coefficient (Wildman–Crippen LogP) is 4.06. The third-order valence-electron chi connectivity index (χ3n) is 3.68. The van der Waals surface area contributed by atoms with Crippen molar-refractivity contribution in [1.29, 1.82) is 10.7 Å². The molecule has 0 aliphatic heterocycles. The molecule has 0 amide bonds. The van der Waals surface area contributed by atoms with Crippen LogP contribution in [0.4, 0.5) is 18.9 Å². The maximum absolute atomic E-state index is 12.6. The third-order valence-corrected chi connectivity index (χ3v) is 3.68. The molecule has 3 N–H and O–H groups in total. The molecule has 0 fully saturated rings. The molecule has 26 heavy (non-hydrogen) atoms. The largest absolute Gasteiger partial charge is 0.478 e. The van der Waals surface area contributed by atoms with Crippen molar-refractivity contribution in [2.45, 2.75) is 26.1 Å². The molecule has 2 aromatic rings. The normalized spacial score (nSPS) is 12.3. The maximum atomic E-state index is 12.6. The lowest BCUT2D eigenvalue weighted by atomic mass is 10.1. The average molecular weight is 364 g/mol. The molecule has 2 rings (SSSR count). The Morgan fingerprint density at radius 1 is 1.42 bits per heavy atom. The van der Waals surface area contributed by atoms with Crippen molar-refractivity contribution in [3.05, 3.63) is 41.7 Å². The van der Waals surface area contributed by atoms with Crippen LogP contribution in [0.3, 0.4) is 0 Å². The number of aromatic nitrogens is 1. The van der Waals surface area contributed by atoms with E-state index in [9.17, 15) is 23.2 Å². The number of carboxylic acid groups (broad SMARTS) is 1. The van der Waals surface area contributed by atoms with Gasteiger partial charge in [0.05, 0.1) is 5.56 Å². The van der Waals surface area contributed by atoms with E-state index in [2.05, 4.69) is 11.4 Å². The van der Waals surface area contributed by atoms with Gasteiger partial charge in [-0.1, -0.05) is 0 Å². The predicted molar refractivity (Wildman–Crippen MR) is 90.2 cm³/mol. The minimum absolute atomic E-state index is 0.101. The highest BCUT2D eigenvalue weighted by atomic mass is 19.4. The molecular weight excluding hydrogens is 349 g/mol. The number of nitriles is 1. The number of carboxylic acids is 1. The fourth-order valence-electron chi connectivity index (χ4n) is 2.41. The van der Waals surface area contributed by atoms with Crippen LogP contribution >= 0.6 is 0 Å². The smallest absolute Gasteiger partial charge is 0.433 e. The van der Waals surface area contributed by atoms with Crippen LogP contribution < -0.4 is 5.32 Å². The molecule has 0 atom stereocenters. The number of halogens is 3. The first-order valence-corrected chi connectivity index (χ1v) is 7.47. The molecule has 1 heterocycles. The zero-order chi connectivity index (χ0) is 19.6. The Morgan fingerprint density at radius 2 is 2.08 bits per heavy atom. The van der Waals surface area contributed by atoms with Crippen molar-refractivity contribution in [3.63, 3.8) is 0 Å². The number of nitrogens with one attached hydrogen (secondary N) is 2. The number of rotatable bonds is 5. The van der Waals surface area contributed by atoms with Crippen molar-refractivity contribution < 1.29 is 23.1 Å². The van der Waals surface area contributed by atoms with Crippen LogP contribution in [-0.2, 0) is 4.79 Å². The molecule has 1 aromatic carbocycles. The van der Waals surface area contributed by atoms with Crippen LogP contribution in [0.1, 0.15) is 25.5 Å². The number of alkyl halides is 3. The number of carbonyl (C=O) groups is 1. The van der Waals surface area contributed by atoms with E-state index >= 15 is 0 Å². The summed E-state index contributed by atoms with van der Waals surface area (Å²) in [4.78, 5) is 11.0. The summed E-state index contributed by atoms with van der Waals surface area (Å²) in [6.07, 6.45) is -2.78. The molecule has 6 nitrogen and oxygen atoms in total. The van der Waals surface area contributed by atoms with Crippen molar-refractivity contribution >= 4 is 28.3 Å². The first-order chi connectivity index (χ1) is 12.1. The van der Waals surface area contributed by atoms with Gasteiger partial charge in [0.2, 0.25) is 0 Å². The molecule has 0 saturated carbocycles. The Labute approximate surface area is 146 Å². The number of benzene rings is 1. The van der Waals surface area contributed by atoms with Crippen LogP contribution in [-0.4, -0.2) is 27.5 Å². The fraction of sp³-hybridized carbons (Fsp3) is 0.235. The molecule has 9 heteroatoms. The highest BCUT2D eigenvalue weighted by Crippen LogP contribution is 2.27. The molecule has 0 unspecified atom stereocenters. The first-order valence-electron chi connectivity index (χ1n) is 7.47. The summed E-state index contributed by atoms with van der Waals surface area (Å²) in [7, 11) is 0.